The van der Waals surface area contributed by atoms with Crippen LogP contribution in [0.4, 0.5) is 0 Å². The van der Waals surface area contributed by atoms with E-state index in [4.69, 9.17) is 5.11 Å². The molecular weight excluding hydrogens is 262 g/mol. The van der Waals surface area contributed by atoms with Crippen LogP contribution in [0, 0.1) is 18.8 Å². The maximum Gasteiger partial charge on any atom is 0.306 e. The number of rotatable bonds is 4. The highest BCUT2D eigenvalue weighted by Gasteiger charge is 2.34. The minimum absolute atomic E-state index is 0.00456. The summed E-state index contributed by atoms with van der Waals surface area (Å²) in [4.78, 5) is 25.4. The third-order valence-corrected chi connectivity index (χ3v) is 4.88. The number of carboxylic acids is 1. The molecule has 5 heteroatoms. The molecular formula is C14H19NO3S. The van der Waals surface area contributed by atoms with Crippen LogP contribution in [0.2, 0.25) is 0 Å². The second-order valence-corrected chi connectivity index (χ2v) is 6.54. The Labute approximate surface area is 116 Å². The maximum absolute atomic E-state index is 12.1. The minimum Gasteiger partial charge on any atom is -0.481 e. The van der Waals surface area contributed by atoms with Crippen LogP contribution in [0.25, 0.3) is 0 Å². The van der Waals surface area contributed by atoms with E-state index in [-0.39, 0.29) is 23.8 Å². The summed E-state index contributed by atoms with van der Waals surface area (Å²) in [7, 11) is 0. The molecule has 1 aliphatic carbocycles. The molecule has 0 spiro atoms. The van der Waals surface area contributed by atoms with E-state index in [0.717, 1.165) is 4.88 Å². The van der Waals surface area contributed by atoms with Gasteiger partial charge in [-0.25, -0.2) is 0 Å². The van der Waals surface area contributed by atoms with Crippen LogP contribution < -0.4 is 5.32 Å². The number of aryl methyl sites for hydroxylation is 1. The Balaban J connectivity index is 1.89. The van der Waals surface area contributed by atoms with Crippen LogP contribution in [-0.2, 0) is 9.59 Å². The summed E-state index contributed by atoms with van der Waals surface area (Å²) in [5.41, 5.74) is 0. The van der Waals surface area contributed by atoms with Crippen LogP contribution in [0.3, 0.4) is 0 Å². The molecule has 1 unspecified atom stereocenters. The summed E-state index contributed by atoms with van der Waals surface area (Å²) in [6.45, 7) is 4.00. The number of aliphatic carboxylic acids is 1. The van der Waals surface area contributed by atoms with Crippen molar-refractivity contribution in [3.8, 4) is 0 Å². The van der Waals surface area contributed by atoms with Crippen molar-refractivity contribution in [1.29, 1.82) is 0 Å². The average Bonchev–Trinajstić information content (AvgIpc) is 2.96. The summed E-state index contributed by atoms with van der Waals surface area (Å²) in [6, 6.07) is 4.06. The highest BCUT2D eigenvalue weighted by atomic mass is 32.1. The molecule has 1 heterocycles. The van der Waals surface area contributed by atoms with Crippen LogP contribution in [0.5, 0.6) is 0 Å². The van der Waals surface area contributed by atoms with E-state index in [9.17, 15) is 9.59 Å². The Kier molecular flexibility index (Phi) is 4.24. The smallest absolute Gasteiger partial charge is 0.306 e. The molecule has 0 radical (unpaired) electrons. The van der Waals surface area contributed by atoms with Gasteiger partial charge in [-0.2, -0.15) is 0 Å². The van der Waals surface area contributed by atoms with E-state index in [2.05, 4.69) is 5.32 Å². The Bertz CT molecular complexity index is 483. The zero-order valence-corrected chi connectivity index (χ0v) is 12.0. The van der Waals surface area contributed by atoms with Crippen molar-refractivity contribution >= 4 is 23.2 Å². The monoisotopic (exact) mass is 281 g/mol. The van der Waals surface area contributed by atoms with Crippen molar-refractivity contribution in [3.05, 3.63) is 21.9 Å². The van der Waals surface area contributed by atoms with E-state index in [1.807, 2.05) is 26.0 Å². The van der Waals surface area contributed by atoms with Crippen LogP contribution in [0.15, 0.2) is 12.1 Å². The average molecular weight is 281 g/mol. The fraction of sp³-hybridized carbons (Fsp3) is 0.571. The van der Waals surface area contributed by atoms with E-state index < -0.39 is 5.97 Å². The third kappa shape index (κ3) is 3.35. The van der Waals surface area contributed by atoms with E-state index in [0.29, 0.717) is 19.3 Å². The predicted octanol–water partition coefficient (Wildman–Crippen LogP) is 2.73. The maximum atomic E-state index is 12.1. The van der Waals surface area contributed by atoms with Crippen molar-refractivity contribution in [3.63, 3.8) is 0 Å². The summed E-state index contributed by atoms with van der Waals surface area (Å²) in [5, 5.41) is 11.9. The first-order chi connectivity index (χ1) is 8.97. The topological polar surface area (TPSA) is 66.4 Å². The van der Waals surface area contributed by atoms with Crippen molar-refractivity contribution in [2.75, 3.05) is 0 Å². The second-order valence-electron chi connectivity index (χ2n) is 5.22. The molecule has 3 atom stereocenters. The van der Waals surface area contributed by atoms with Gasteiger partial charge in [0, 0.05) is 15.7 Å². The third-order valence-electron chi connectivity index (χ3n) is 3.70. The van der Waals surface area contributed by atoms with Gasteiger partial charge in [0.2, 0.25) is 5.91 Å². The van der Waals surface area contributed by atoms with Gasteiger partial charge in [0.15, 0.2) is 0 Å². The fourth-order valence-electron chi connectivity index (χ4n) is 2.53. The molecule has 0 aromatic carbocycles. The zero-order valence-electron chi connectivity index (χ0n) is 11.2. The first-order valence-electron chi connectivity index (χ1n) is 6.57. The zero-order chi connectivity index (χ0) is 14.0. The Morgan fingerprint density at radius 1 is 1.37 bits per heavy atom. The molecule has 2 N–H and O–H groups in total. The lowest BCUT2D eigenvalue weighted by Crippen LogP contribution is -2.31. The molecule has 104 valence electrons. The molecule has 2 rings (SSSR count). The van der Waals surface area contributed by atoms with Gasteiger partial charge in [-0.1, -0.05) is 0 Å². The first kappa shape index (κ1) is 14.1. The van der Waals surface area contributed by atoms with Gasteiger partial charge in [-0.15, -0.1) is 11.3 Å². The molecule has 1 fully saturated rings. The molecule has 1 saturated carbocycles. The van der Waals surface area contributed by atoms with Crippen LogP contribution in [0.1, 0.15) is 42.0 Å². The molecule has 4 nitrogen and oxygen atoms in total. The molecule has 0 saturated heterocycles. The fourth-order valence-corrected chi connectivity index (χ4v) is 3.41. The molecule has 0 bridgehead atoms. The number of carboxylic acid groups (broad SMARTS) is 1. The normalized spacial score (nSPS) is 24.1. The highest BCUT2D eigenvalue weighted by molar-refractivity contribution is 7.12. The molecule has 1 aliphatic rings. The molecule has 1 aromatic heterocycles. The second kappa shape index (κ2) is 5.74. The van der Waals surface area contributed by atoms with Crippen molar-refractivity contribution in [1.82, 2.24) is 5.32 Å². The number of carbonyl (C=O) groups is 2. The van der Waals surface area contributed by atoms with Crippen LogP contribution >= 0.6 is 11.3 Å². The standard InChI is InChI=1S/C14H19NO3S/c1-8-3-6-12(19-8)9(2)15-13(16)10-4-5-11(7-10)14(17)18/h3,6,9-11H,4-5,7H2,1-2H3,(H,15,16)(H,17,18)/t9?,10-,11+/m1/s1. The van der Waals surface area contributed by atoms with Gasteiger partial charge < -0.3 is 10.4 Å². The number of carbonyl (C=O) groups excluding carboxylic acids is 1. The molecule has 1 amide bonds. The van der Waals surface area contributed by atoms with E-state index in [1.54, 1.807) is 11.3 Å². The number of nitrogens with one attached hydrogen (secondary N) is 1. The number of amides is 1. The van der Waals surface area contributed by atoms with E-state index in [1.165, 1.54) is 4.88 Å². The van der Waals surface area contributed by atoms with Gasteiger partial charge in [-0.3, -0.25) is 9.59 Å². The first-order valence-corrected chi connectivity index (χ1v) is 7.38. The summed E-state index contributed by atoms with van der Waals surface area (Å²) >= 11 is 1.68. The quantitative estimate of drug-likeness (QED) is 0.891. The van der Waals surface area contributed by atoms with Gasteiger partial charge in [0.1, 0.15) is 0 Å². The lowest BCUT2D eigenvalue weighted by atomic mass is 10.0. The van der Waals surface area contributed by atoms with Gasteiger partial charge in [-0.05, 0) is 45.2 Å². The predicted molar refractivity (Wildman–Crippen MR) is 74.1 cm³/mol. The summed E-state index contributed by atoms with van der Waals surface area (Å²) in [6.07, 6.45) is 1.76. The largest absolute Gasteiger partial charge is 0.481 e. The summed E-state index contributed by atoms with van der Waals surface area (Å²) in [5.74, 6) is -1.29. The summed E-state index contributed by atoms with van der Waals surface area (Å²) < 4.78 is 0. The number of hydrogen-bond acceptors (Lipinski definition) is 3. The molecule has 1 aromatic rings. The van der Waals surface area contributed by atoms with Gasteiger partial charge >= 0.3 is 5.97 Å². The Hall–Kier alpha value is -1.36. The highest BCUT2D eigenvalue weighted by Crippen LogP contribution is 2.32. The lowest BCUT2D eigenvalue weighted by Gasteiger charge is -2.16. The van der Waals surface area contributed by atoms with Gasteiger partial charge in [0.25, 0.3) is 0 Å². The Morgan fingerprint density at radius 2 is 2.05 bits per heavy atom. The lowest BCUT2D eigenvalue weighted by molar-refractivity contribution is -0.141. The molecule has 0 aliphatic heterocycles. The Morgan fingerprint density at radius 3 is 2.58 bits per heavy atom. The van der Waals surface area contributed by atoms with E-state index >= 15 is 0 Å². The minimum atomic E-state index is -0.780. The molecule has 19 heavy (non-hydrogen) atoms. The SMILES string of the molecule is Cc1ccc(C(C)NC(=O)[C@@H]2CC[C@H](C(=O)O)C2)s1. The van der Waals surface area contributed by atoms with Gasteiger partial charge in [0.05, 0.1) is 12.0 Å². The number of thiophene rings is 1. The van der Waals surface area contributed by atoms with Crippen LogP contribution in [-0.4, -0.2) is 17.0 Å². The van der Waals surface area contributed by atoms with Crippen molar-refractivity contribution in [2.45, 2.75) is 39.2 Å². The number of hydrogen-bond donors (Lipinski definition) is 2. The van der Waals surface area contributed by atoms with Crippen molar-refractivity contribution in [2.24, 2.45) is 11.8 Å². The van der Waals surface area contributed by atoms with Crippen molar-refractivity contribution < 1.29 is 14.7 Å².